The van der Waals surface area contributed by atoms with Crippen molar-refractivity contribution in [2.75, 3.05) is 13.6 Å². The molecule has 9 nitrogen and oxygen atoms in total. The fourth-order valence-electron chi connectivity index (χ4n) is 3.62. The fraction of sp³-hybridized carbons (Fsp3) is 0.625. The van der Waals surface area contributed by atoms with Crippen molar-refractivity contribution in [1.82, 2.24) is 16.0 Å². The number of rotatable bonds is 16. The zero-order valence-corrected chi connectivity index (χ0v) is 20.8. The summed E-state index contributed by atoms with van der Waals surface area (Å²) in [4.78, 5) is 29.2. The van der Waals surface area contributed by atoms with Crippen LogP contribution in [0.4, 0.5) is 0 Å². The van der Waals surface area contributed by atoms with E-state index in [1.165, 1.54) is 5.56 Å². The molecule has 1 rings (SSSR count). The van der Waals surface area contributed by atoms with Gasteiger partial charge in [0, 0.05) is 20.0 Å². The van der Waals surface area contributed by atoms with Crippen LogP contribution in [0.2, 0.25) is 0 Å². The quantitative estimate of drug-likeness (QED) is 0.0914. The van der Waals surface area contributed by atoms with E-state index in [-0.39, 0.29) is 11.8 Å². The molecule has 1 aromatic rings. The predicted molar refractivity (Wildman–Crippen MR) is 137 cm³/mol. The molecule has 0 saturated heterocycles. The molecule has 0 aromatic heterocycles. The molecule has 0 heterocycles. The van der Waals surface area contributed by atoms with Crippen LogP contribution in [0.1, 0.15) is 64.4 Å². The lowest BCUT2D eigenvalue weighted by Gasteiger charge is -2.24. The molecule has 7 N–H and O–H groups in total. The smallest absolute Gasteiger partial charge is 0.426 e. The van der Waals surface area contributed by atoms with Crippen LogP contribution in [-0.4, -0.2) is 60.5 Å². The Labute approximate surface area is 204 Å². The van der Waals surface area contributed by atoms with E-state index in [0.29, 0.717) is 38.2 Å². The van der Waals surface area contributed by atoms with Gasteiger partial charge in [0.25, 0.3) is 0 Å². The number of nitrogens with one attached hydrogen (secondary N) is 3. The topological polar surface area (TPSA) is 149 Å². The van der Waals surface area contributed by atoms with Gasteiger partial charge in [0.05, 0.1) is 5.94 Å². The van der Waals surface area contributed by atoms with E-state index in [2.05, 4.69) is 33.1 Å². The van der Waals surface area contributed by atoms with Crippen molar-refractivity contribution >= 4 is 24.9 Å². The highest BCUT2D eigenvalue weighted by molar-refractivity contribution is 6.43. The molecule has 0 spiro atoms. The van der Waals surface area contributed by atoms with Crippen LogP contribution < -0.4 is 21.7 Å². The molecule has 0 aliphatic heterocycles. The van der Waals surface area contributed by atoms with E-state index in [9.17, 15) is 19.6 Å². The summed E-state index contributed by atoms with van der Waals surface area (Å²) in [5.41, 5.74) is 6.91. The molecule has 0 radical (unpaired) electrons. The minimum Gasteiger partial charge on any atom is -0.426 e. The number of aryl methyl sites for hydroxylation is 1. The number of hydrogen-bond acceptors (Lipinski definition) is 5. The summed E-state index contributed by atoms with van der Waals surface area (Å²) in [7, 11) is -0.0946. The van der Waals surface area contributed by atoms with Crippen LogP contribution in [0.3, 0.4) is 0 Å². The van der Waals surface area contributed by atoms with Crippen LogP contribution in [-0.2, 0) is 16.0 Å². The van der Waals surface area contributed by atoms with Crippen LogP contribution in [0.25, 0.3) is 0 Å². The Morgan fingerprint density at radius 2 is 1.76 bits per heavy atom. The van der Waals surface area contributed by atoms with E-state index >= 15 is 0 Å². The zero-order chi connectivity index (χ0) is 25.3. The van der Waals surface area contributed by atoms with Gasteiger partial charge in [-0.25, -0.2) is 0 Å². The highest BCUT2D eigenvalue weighted by atomic mass is 16.4. The lowest BCUT2D eigenvalue weighted by Crippen LogP contribution is -2.54. The van der Waals surface area contributed by atoms with Gasteiger partial charge in [0.2, 0.25) is 11.8 Å². The number of nitrogens with zero attached hydrogens (tertiary/aromatic N) is 1. The molecule has 0 aliphatic rings. The SMILES string of the molecule is CN=C(N)NCCC[C@H](NC(=O)CCCCCc1ccccc1)C(=O)N[C@@H](CC(C)C)B(O)O. The van der Waals surface area contributed by atoms with Crippen molar-refractivity contribution in [2.45, 2.75) is 77.2 Å². The van der Waals surface area contributed by atoms with Gasteiger partial charge in [-0.3, -0.25) is 14.6 Å². The Morgan fingerprint density at radius 1 is 1.06 bits per heavy atom. The van der Waals surface area contributed by atoms with Gasteiger partial charge in [-0.2, -0.15) is 0 Å². The first kappa shape index (κ1) is 29.4. The average Bonchev–Trinajstić information content (AvgIpc) is 2.80. The van der Waals surface area contributed by atoms with Crippen molar-refractivity contribution in [2.24, 2.45) is 16.6 Å². The first-order valence-electron chi connectivity index (χ1n) is 12.2. The maximum Gasteiger partial charge on any atom is 0.475 e. The third-order valence-electron chi connectivity index (χ3n) is 5.49. The third kappa shape index (κ3) is 13.2. The number of guanidine groups is 1. The molecule has 0 aliphatic carbocycles. The molecule has 10 heteroatoms. The minimum absolute atomic E-state index is 0.163. The number of amides is 2. The molecule has 2 amide bonds. The van der Waals surface area contributed by atoms with Gasteiger partial charge in [-0.15, -0.1) is 0 Å². The summed E-state index contributed by atoms with van der Waals surface area (Å²) in [6.45, 7) is 4.37. The van der Waals surface area contributed by atoms with Gasteiger partial charge < -0.3 is 31.7 Å². The lowest BCUT2D eigenvalue weighted by molar-refractivity contribution is -0.129. The summed E-state index contributed by atoms with van der Waals surface area (Å²) in [5, 5.41) is 27.7. The van der Waals surface area contributed by atoms with Gasteiger partial charge in [0.1, 0.15) is 6.04 Å². The summed E-state index contributed by atoms with van der Waals surface area (Å²) in [5.74, 6) is -0.941. The van der Waals surface area contributed by atoms with Gasteiger partial charge >= 0.3 is 7.12 Å². The van der Waals surface area contributed by atoms with E-state index in [1.807, 2.05) is 32.0 Å². The number of nitrogens with two attached hydrogens (primary N) is 1. The van der Waals surface area contributed by atoms with Gasteiger partial charge in [-0.05, 0) is 50.0 Å². The number of aliphatic imine (C=N–C) groups is 1. The highest BCUT2D eigenvalue weighted by Gasteiger charge is 2.29. The van der Waals surface area contributed by atoms with E-state index in [0.717, 1.165) is 25.7 Å². The average molecular weight is 475 g/mol. The maximum atomic E-state index is 12.9. The number of benzene rings is 1. The maximum absolute atomic E-state index is 12.9. The summed E-state index contributed by atoms with van der Waals surface area (Å²) in [6, 6.07) is 9.46. The van der Waals surface area contributed by atoms with Crippen molar-refractivity contribution < 1.29 is 19.6 Å². The Hall–Kier alpha value is -2.59. The lowest BCUT2D eigenvalue weighted by atomic mass is 9.75. The number of hydrogen-bond donors (Lipinski definition) is 6. The fourth-order valence-corrected chi connectivity index (χ4v) is 3.62. The van der Waals surface area contributed by atoms with Crippen molar-refractivity contribution in [3.05, 3.63) is 35.9 Å². The van der Waals surface area contributed by atoms with Crippen LogP contribution in [0.15, 0.2) is 35.3 Å². The van der Waals surface area contributed by atoms with E-state index < -0.39 is 25.0 Å². The molecule has 1 aromatic carbocycles. The predicted octanol–water partition coefficient (Wildman–Crippen LogP) is 1.13. The first-order chi connectivity index (χ1) is 16.2. The molecule has 0 saturated carbocycles. The molecule has 190 valence electrons. The Balaban J connectivity index is 2.56. The third-order valence-corrected chi connectivity index (χ3v) is 5.49. The summed E-state index contributed by atoms with van der Waals surface area (Å²) < 4.78 is 0. The second-order valence-electron chi connectivity index (χ2n) is 9.00. The Morgan fingerprint density at radius 3 is 2.38 bits per heavy atom. The standard InChI is InChI=1S/C24H42BN5O4/c1-18(2)17-21(25(33)34)30-23(32)20(14-10-16-28-24(26)27-3)29-22(31)15-9-5-8-13-19-11-6-4-7-12-19/h4,6-7,11-12,18,20-21,33-34H,5,8-10,13-17H2,1-3H3,(H,29,31)(H,30,32)(H3,26,27,28)/t20-,21-/m0/s1. The monoisotopic (exact) mass is 475 g/mol. The van der Waals surface area contributed by atoms with Crippen molar-refractivity contribution in [1.29, 1.82) is 0 Å². The van der Waals surface area contributed by atoms with Gasteiger partial charge in [0.15, 0.2) is 5.96 Å². The zero-order valence-electron chi connectivity index (χ0n) is 20.8. The summed E-state index contributed by atoms with van der Waals surface area (Å²) >= 11 is 0. The van der Waals surface area contributed by atoms with Gasteiger partial charge in [-0.1, -0.05) is 50.6 Å². The van der Waals surface area contributed by atoms with Crippen LogP contribution in [0.5, 0.6) is 0 Å². The molecular weight excluding hydrogens is 433 g/mol. The normalized spacial score (nSPS) is 13.3. The second-order valence-corrected chi connectivity index (χ2v) is 9.00. The highest BCUT2D eigenvalue weighted by Crippen LogP contribution is 2.09. The molecule has 34 heavy (non-hydrogen) atoms. The van der Waals surface area contributed by atoms with Crippen molar-refractivity contribution in [3.63, 3.8) is 0 Å². The van der Waals surface area contributed by atoms with E-state index in [1.54, 1.807) is 7.05 Å². The number of carbonyl (C=O) groups is 2. The summed E-state index contributed by atoms with van der Waals surface area (Å²) in [6.07, 6.45) is 5.34. The molecule has 2 atom stereocenters. The largest absolute Gasteiger partial charge is 0.475 e. The molecular formula is C24H42BN5O4. The Bertz CT molecular complexity index is 746. The minimum atomic E-state index is -1.67. The number of unbranched alkanes of at least 4 members (excludes halogenated alkanes) is 2. The first-order valence-corrected chi connectivity index (χ1v) is 12.2. The molecule has 0 unspecified atom stereocenters. The Kier molecular flexibility index (Phi) is 14.7. The van der Waals surface area contributed by atoms with E-state index in [4.69, 9.17) is 5.73 Å². The number of carbonyl (C=O) groups excluding carboxylic acids is 2. The van der Waals surface area contributed by atoms with Crippen LogP contribution >= 0.6 is 0 Å². The second kappa shape index (κ2) is 16.9. The van der Waals surface area contributed by atoms with Crippen LogP contribution in [0, 0.1) is 5.92 Å². The molecule has 0 fully saturated rings. The van der Waals surface area contributed by atoms with Crippen molar-refractivity contribution in [3.8, 4) is 0 Å². The molecule has 0 bridgehead atoms.